The minimum atomic E-state index is -0.795. The number of aliphatic imine (C=N–C) groups is 1. The molecule has 2 aliphatic carbocycles. The molecule has 8 rings (SSSR count). The van der Waals surface area contributed by atoms with Gasteiger partial charge in [-0.1, -0.05) is 84.9 Å². The highest BCUT2D eigenvalue weighted by Crippen LogP contribution is 2.37. The molecule has 3 aromatic carbocycles. The maximum absolute atomic E-state index is 12.4. The molecular weight excluding hydrogens is 1020 g/mol. The lowest BCUT2D eigenvalue weighted by molar-refractivity contribution is -0.119. The number of amidine groups is 1. The summed E-state index contributed by atoms with van der Waals surface area (Å²) in [6.45, 7) is 10.6. The van der Waals surface area contributed by atoms with Gasteiger partial charge in [-0.25, -0.2) is 0 Å². The Balaban J connectivity index is 0.000000230. The number of hydrogen-bond acceptors (Lipinski definition) is 11. The smallest absolute Gasteiger partial charge is 0.254 e. The van der Waals surface area contributed by atoms with Crippen LogP contribution in [0.2, 0.25) is 5.02 Å². The van der Waals surface area contributed by atoms with Gasteiger partial charge in [-0.3, -0.25) is 38.5 Å². The van der Waals surface area contributed by atoms with Crippen LogP contribution in [0.5, 0.6) is 0 Å². The number of nitrogens with zero attached hydrogens (tertiary/aromatic N) is 8. The summed E-state index contributed by atoms with van der Waals surface area (Å²) in [6, 6.07) is 28.4. The fourth-order valence-corrected chi connectivity index (χ4v) is 9.89. The van der Waals surface area contributed by atoms with Crippen molar-refractivity contribution in [2.24, 2.45) is 34.0 Å². The summed E-state index contributed by atoms with van der Waals surface area (Å²) in [5.41, 5.74) is 22.9. The Bertz CT molecular complexity index is 3140. The van der Waals surface area contributed by atoms with Gasteiger partial charge < -0.3 is 32.7 Å². The van der Waals surface area contributed by atoms with E-state index in [2.05, 4.69) is 73.5 Å². The lowest BCUT2D eigenvalue weighted by Crippen LogP contribution is -2.52. The number of carbonyl (C=O) groups excluding carboxylic acids is 5. The second-order valence-corrected chi connectivity index (χ2v) is 21.5. The molecule has 8 N–H and O–H groups in total. The van der Waals surface area contributed by atoms with Gasteiger partial charge >= 0.3 is 0 Å². The number of piperidine rings is 2. The van der Waals surface area contributed by atoms with Crippen molar-refractivity contribution in [3.05, 3.63) is 148 Å². The van der Waals surface area contributed by atoms with Crippen LogP contribution < -0.4 is 27.8 Å². The Morgan fingerprint density at radius 1 is 0.835 bits per heavy atom. The largest absolute Gasteiger partial charge is 0.384 e. The Morgan fingerprint density at radius 3 is 2.08 bits per heavy atom. The molecule has 19 heteroatoms. The van der Waals surface area contributed by atoms with Gasteiger partial charge in [0.1, 0.15) is 11.4 Å². The zero-order chi connectivity index (χ0) is 56.9. The molecule has 4 aromatic rings. The quantitative estimate of drug-likeness (QED) is 0.0250. The van der Waals surface area contributed by atoms with E-state index in [1.54, 1.807) is 29.9 Å². The SMILES string of the molecule is C=C(/C=C\C(=C/C)c1cccc(C(=O)N(C)C)c1)CN1CCC(CC#N)(N/C=C(/C(N)=O)C(N)=NC(=O)C2CC2)CC1.N#CCC1(n2cc(C(N)=O)c(NC(=O)C3CC3)n2)CCN(Cc2ccc(-c3cccc(Cl)c3)cc2)CC1. The molecule has 0 unspecified atom stereocenters. The van der Waals surface area contributed by atoms with Crippen molar-refractivity contribution in [2.45, 2.75) is 88.8 Å². The molecule has 0 radical (unpaired) electrons. The van der Waals surface area contributed by atoms with E-state index < -0.39 is 22.9 Å². The average molecular weight is 1090 g/mol. The number of benzene rings is 3. The van der Waals surface area contributed by atoms with Crippen LogP contribution in [0.1, 0.15) is 103 Å². The maximum Gasteiger partial charge on any atom is 0.254 e. The highest BCUT2D eigenvalue weighted by atomic mass is 35.5. The number of amides is 5. The van der Waals surface area contributed by atoms with Crippen molar-refractivity contribution in [2.75, 3.05) is 52.1 Å². The van der Waals surface area contributed by atoms with Crippen molar-refractivity contribution in [3.8, 4) is 23.3 Å². The first kappa shape index (κ1) is 58.5. The highest BCUT2D eigenvalue weighted by molar-refractivity contribution is 6.30. The molecule has 412 valence electrons. The summed E-state index contributed by atoms with van der Waals surface area (Å²) in [7, 11) is 3.46. The van der Waals surface area contributed by atoms with Gasteiger partial charge in [0.05, 0.1) is 41.6 Å². The zero-order valence-corrected chi connectivity index (χ0v) is 46.0. The predicted octanol–water partition coefficient (Wildman–Crippen LogP) is 7.46. The van der Waals surface area contributed by atoms with Crippen LogP contribution in [0.15, 0.2) is 126 Å². The molecule has 4 aliphatic rings. The van der Waals surface area contributed by atoms with Gasteiger partial charge in [0.15, 0.2) is 5.82 Å². The minimum Gasteiger partial charge on any atom is -0.384 e. The number of nitrogens with two attached hydrogens (primary N) is 3. The molecular formula is C60H70ClN13O5. The molecule has 18 nitrogen and oxygen atoms in total. The lowest BCUT2D eigenvalue weighted by atomic mass is 9.84. The van der Waals surface area contributed by atoms with E-state index in [0.29, 0.717) is 55.9 Å². The molecule has 0 atom stereocenters. The van der Waals surface area contributed by atoms with E-state index in [0.717, 1.165) is 73.2 Å². The van der Waals surface area contributed by atoms with Crippen molar-refractivity contribution in [3.63, 3.8) is 0 Å². The first-order valence-electron chi connectivity index (χ1n) is 26.6. The number of primary amides is 2. The fraction of sp³-hybridized carbons (Fsp3) is 0.383. The van der Waals surface area contributed by atoms with Gasteiger partial charge in [0.2, 0.25) is 5.91 Å². The number of halogens is 1. The second kappa shape index (κ2) is 26.5. The van der Waals surface area contributed by atoms with Gasteiger partial charge in [-0.2, -0.15) is 20.6 Å². The Morgan fingerprint density at radius 2 is 1.48 bits per heavy atom. The van der Waals surface area contributed by atoms with Crippen LogP contribution in [0.4, 0.5) is 5.82 Å². The Labute approximate surface area is 467 Å². The van der Waals surface area contributed by atoms with Gasteiger partial charge in [-0.15, -0.1) is 0 Å². The van der Waals surface area contributed by atoms with E-state index in [1.165, 1.54) is 11.8 Å². The molecule has 3 heterocycles. The average Bonchev–Trinajstić information content (AvgIpc) is 4.40. The third kappa shape index (κ3) is 15.8. The molecule has 2 aliphatic heterocycles. The van der Waals surface area contributed by atoms with Crippen molar-refractivity contribution in [1.82, 2.24) is 29.8 Å². The van der Waals surface area contributed by atoms with Gasteiger partial charge in [-0.05, 0) is 116 Å². The van der Waals surface area contributed by atoms with Crippen molar-refractivity contribution < 1.29 is 24.0 Å². The minimum absolute atomic E-state index is 0.0262. The van der Waals surface area contributed by atoms with Crippen molar-refractivity contribution >= 4 is 58.4 Å². The van der Waals surface area contributed by atoms with E-state index in [4.69, 9.17) is 28.8 Å². The van der Waals surface area contributed by atoms with Crippen LogP contribution in [-0.2, 0) is 26.5 Å². The second-order valence-electron chi connectivity index (χ2n) is 21.1. The number of likely N-dealkylation sites (tertiary alicyclic amines) is 2. The number of rotatable bonds is 20. The fourth-order valence-electron chi connectivity index (χ4n) is 9.70. The number of anilines is 1. The third-order valence-electron chi connectivity index (χ3n) is 14.9. The molecule has 2 saturated heterocycles. The van der Waals surface area contributed by atoms with Crippen LogP contribution in [0, 0.1) is 34.5 Å². The molecule has 0 spiro atoms. The van der Waals surface area contributed by atoms with Crippen LogP contribution in [0.25, 0.3) is 16.7 Å². The van der Waals surface area contributed by atoms with Crippen LogP contribution >= 0.6 is 11.6 Å². The van der Waals surface area contributed by atoms with E-state index >= 15 is 0 Å². The van der Waals surface area contributed by atoms with Crippen molar-refractivity contribution in [1.29, 1.82) is 10.5 Å². The summed E-state index contributed by atoms with van der Waals surface area (Å²) in [6.07, 6.45) is 15.4. The highest BCUT2D eigenvalue weighted by Gasteiger charge is 2.40. The molecule has 2 saturated carbocycles. The maximum atomic E-state index is 12.4. The summed E-state index contributed by atoms with van der Waals surface area (Å²) in [5, 5.41) is 30.4. The molecule has 1 aromatic heterocycles. The normalized spacial score (nSPS) is 17.6. The number of aromatic nitrogens is 2. The molecule has 4 fully saturated rings. The monoisotopic (exact) mass is 1090 g/mol. The van der Waals surface area contributed by atoms with E-state index in [-0.39, 0.29) is 65.2 Å². The summed E-state index contributed by atoms with van der Waals surface area (Å²) in [5.74, 6) is -2.16. The number of hydrogen-bond donors (Lipinski definition) is 5. The zero-order valence-electron chi connectivity index (χ0n) is 45.2. The van der Waals surface area contributed by atoms with Crippen LogP contribution in [-0.4, -0.2) is 112 Å². The summed E-state index contributed by atoms with van der Waals surface area (Å²) < 4.78 is 1.69. The standard InChI is InChI=1S/C32H41N7O3.C28H29ClN6O2/c1-5-23(25-7-6-8-26(19-25)31(42)38(3)4)10-9-22(2)21-39-17-14-32(13-16-33,15-18-39)36-20-27(29(35)40)28(34)37-30(41)24-11-12-24;29-23-3-1-2-22(16-23)20-6-4-19(5-7-20)17-34-14-11-28(10-13-30,12-15-34)35-18-24(25(31)36)26(33-35)32-27(37)21-8-9-21/h5-10,19-20,24,36H,2,11-15,17-18,21H2,1,3-4H3,(H2,35,40)(H2,34,37,41);1-7,16,18,21H,8-12,14-15,17H2,(H2,31,36)(H,32,33,37)/b10-9-,23-5+,27-20+;. The van der Waals surface area contributed by atoms with Gasteiger partial charge in [0, 0.05) is 88.2 Å². The van der Waals surface area contributed by atoms with Gasteiger partial charge in [0.25, 0.3) is 23.6 Å². The topological polar surface area (TPSA) is 275 Å². The summed E-state index contributed by atoms with van der Waals surface area (Å²) >= 11 is 6.13. The predicted molar refractivity (Wildman–Crippen MR) is 306 cm³/mol. The number of nitrogens with one attached hydrogen (secondary N) is 2. The van der Waals surface area contributed by atoms with E-state index in [9.17, 15) is 34.5 Å². The molecule has 79 heavy (non-hydrogen) atoms. The molecule has 0 bridgehead atoms. The lowest BCUT2D eigenvalue weighted by Gasteiger charge is -2.41. The first-order valence-corrected chi connectivity index (χ1v) is 27.0. The number of allylic oxidation sites excluding steroid dienone is 3. The number of nitriles is 2. The Hall–Kier alpha value is -8.16. The van der Waals surface area contributed by atoms with E-state index in [1.807, 2.05) is 73.7 Å². The third-order valence-corrected chi connectivity index (χ3v) is 15.1. The summed E-state index contributed by atoms with van der Waals surface area (Å²) in [4.78, 5) is 70.8. The van der Waals surface area contributed by atoms with Crippen LogP contribution in [0.3, 0.4) is 0 Å². The molecule has 5 amide bonds. The number of carbonyl (C=O) groups is 5. The Kier molecular flexibility index (Phi) is 19.6. The first-order chi connectivity index (χ1) is 37.8.